The minimum atomic E-state index is -0.125. The molecule has 0 saturated carbocycles. The highest BCUT2D eigenvalue weighted by Crippen LogP contribution is 2.40. The van der Waals surface area contributed by atoms with E-state index in [-0.39, 0.29) is 42.9 Å². The predicted molar refractivity (Wildman–Crippen MR) is 176 cm³/mol. The molecule has 3 aromatic carbocycles. The molecule has 4 aliphatic rings. The molecule has 3 aromatic rings. The standard InChI is InChI=1S/C36H34N4O7/c1-20-5-24-14-37-29-12-33(31(44-3)10-27(29)35(42)39(24)16-20)46-18-22-7-23(9-26(41)8-22)19-47-34-13-30-28(11-32(34)45-4)36(43)40-17-21(2)6-25(40)15-38-30/h7-15,24-25,41H,1-2,5-6,16-19H2,3-4H3/t24-,25-/m0/s1. The highest BCUT2D eigenvalue weighted by Gasteiger charge is 2.35. The molecule has 0 unspecified atom stereocenters. The van der Waals surface area contributed by atoms with E-state index in [2.05, 4.69) is 23.1 Å². The second kappa shape index (κ2) is 12.0. The van der Waals surface area contributed by atoms with E-state index in [9.17, 15) is 14.7 Å². The number of aromatic hydroxyl groups is 1. The quantitative estimate of drug-likeness (QED) is 0.323. The van der Waals surface area contributed by atoms with E-state index >= 15 is 0 Å². The van der Waals surface area contributed by atoms with E-state index < -0.39 is 0 Å². The molecule has 0 aliphatic carbocycles. The minimum absolute atomic E-state index is 0.0437. The van der Waals surface area contributed by atoms with Crippen LogP contribution in [-0.4, -0.2) is 78.5 Å². The van der Waals surface area contributed by atoms with Gasteiger partial charge < -0.3 is 33.9 Å². The molecule has 11 heteroatoms. The number of nitrogens with zero attached hydrogens (tertiary/aromatic N) is 4. The molecule has 1 N–H and O–H groups in total. The van der Waals surface area contributed by atoms with Crippen molar-refractivity contribution in [2.75, 3.05) is 27.3 Å². The van der Waals surface area contributed by atoms with Crippen molar-refractivity contribution in [3.8, 4) is 28.7 Å². The number of phenolic OH excluding ortho intramolecular Hbond substituents is 1. The second-order valence-corrected chi connectivity index (χ2v) is 12.1. The first-order chi connectivity index (χ1) is 22.7. The van der Waals surface area contributed by atoms with Crippen molar-refractivity contribution >= 4 is 35.6 Å². The number of fused-ring (bicyclic) bond motifs is 4. The zero-order chi connectivity index (χ0) is 32.8. The topological polar surface area (TPSA) is 122 Å². The van der Waals surface area contributed by atoms with Crippen molar-refractivity contribution in [2.24, 2.45) is 9.98 Å². The maximum Gasteiger partial charge on any atom is 0.257 e. The van der Waals surface area contributed by atoms with Crippen LogP contribution in [0.4, 0.5) is 11.4 Å². The number of ether oxygens (including phenoxy) is 4. The number of carbonyl (C=O) groups excluding carboxylic acids is 2. The SMILES string of the molecule is C=C1C[C@H]2C=Nc3cc(OCc4cc(O)cc(COc5cc6c(cc5OC)C(=O)N5CC(=C)C[C@H]5C=N6)c4)c(OC)cc3C(=O)N2C1. The Balaban J connectivity index is 1.08. The van der Waals surface area contributed by atoms with E-state index in [1.54, 1.807) is 58.6 Å². The molecule has 4 aliphatic heterocycles. The summed E-state index contributed by atoms with van der Waals surface area (Å²) in [6, 6.07) is 11.5. The summed E-state index contributed by atoms with van der Waals surface area (Å²) in [4.78, 5) is 39.3. The zero-order valence-electron chi connectivity index (χ0n) is 26.2. The predicted octanol–water partition coefficient (Wildman–Crippen LogP) is 5.54. The molecule has 0 aromatic heterocycles. The lowest BCUT2D eigenvalue weighted by atomic mass is 10.1. The first-order valence-corrected chi connectivity index (χ1v) is 15.3. The van der Waals surface area contributed by atoms with Crippen molar-refractivity contribution in [3.63, 3.8) is 0 Å². The third-order valence-corrected chi connectivity index (χ3v) is 8.73. The fourth-order valence-electron chi connectivity index (χ4n) is 6.44. The van der Waals surface area contributed by atoms with E-state index in [4.69, 9.17) is 18.9 Å². The maximum atomic E-state index is 13.3. The summed E-state index contributed by atoms with van der Waals surface area (Å²) in [5, 5.41) is 10.5. The molecule has 0 radical (unpaired) electrons. The van der Waals surface area contributed by atoms with E-state index in [1.807, 2.05) is 6.07 Å². The molecule has 0 spiro atoms. The lowest BCUT2D eigenvalue weighted by Gasteiger charge is -2.20. The monoisotopic (exact) mass is 634 g/mol. The van der Waals surface area contributed by atoms with Crippen molar-refractivity contribution in [3.05, 3.63) is 89.0 Å². The number of phenols is 1. The lowest BCUT2D eigenvalue weighted by molar-refractivity contribution is 0.0769. The van der Waals surface area contributed by atoms with Gasteiger partial charge in [-0.05, 0) is 54.3 Å². The summed E-state index contributed by atoms with van der Waals surface area (Å²) in [7, 11) is 3.03. The van der Waals surface area contributed by atoms with Gasteiger partial charge in [0, 0.05) is 37.7 Å². The highest BCUT2D eigenvalue weighted by atomic mass is 16.5. The van der Waals surface area contributed by atoms with Gasteiger partial charge in [-0.1, -0.05) is 24.3 Å². The Morgan fingerprint density at radius 1 is 0.702 bits per heavy atom. The molecule has 4 heterocycles. The van der Waals surface area contributed by atoms with Crippen LogP contribution in [0.15, 0.2) is 76.8 Å². The molecule has 47 heavy (non-hydrogen) atoms. The van der Waals surface area contributed by atoms with Gasteiger partial charge in [0.05, 0.1) is 48.8 Å². The van der Waals surface area contributed by atoms with Crippen molar-refractivity contribution in [1.82, 2.24) is 9.80 Å². The minimum Gasteiger partial charge on any atom is -0.508 e. The summed E-state index contributed by atoms with van der Waals surface area (Å²) in [6.07, 6.45) is 4.94. The number of benzene rings is 3. The van der Waals surface area contributed by atoms with Crippen LogP contribution in [0.5, 0.6) is 28.7 Å². The molecule has 7 rings (SSSR count). The number of rotatable bonds is 8. The number of methoxy groups -OCH3 is 2. The third kappa shape index (κ3) is 5.69. The second-order valence-electron chi connectivity index (χ2n) is 12.1. The Bertz CT molecular complexity index is 1770. The van der Waals surface area contributed by atoms with Gasteiger partial charge in [-0.2, -0.15) is 0 Å². The third-order valence-electron chi connectivity index (χ3n) is 8.73. The maximum absolute atomic E-state index is 13.3. The first kappa shape index (κ1) is 30.1. The zero-order valence-corrected chi connectivity index (χ0v) is 26.2. The van der Waals surface area contributed by atoms with Crippen molar-refractivity contribution in [2.45, 2.75) is 38.1 Å². The molecular formula is C36H34N4O7. The van der Waals surface area contributed by atoms with Crippen LogP contribution in [-0.2, 0) is 13.2 Å². The fraction of sp³-hybridized carbons (Fsp3) is 0.278. The number of amides is 2. The van der Waals surface area contributed by atoms with Crippen LogP contribution in [0.1, 0.15) is 44.7 Å². The molecular weight excluding hydrogens is 600 g/mol. The van der Waals surface area contributed by atoms with Gasteiger partial charge in [-0.15, -0.1) is 0 Å². The summed E-state index contributed by atoms with van der Waals surface area (Å²) in [5.74, 6) is 1.42. The number of carbonyl (C=O) groups is 2. The molecule has 2 fully saturated rings. The largest absolute Gasteiger partial charge is 0.508 e. The van der Waals surface area contributed by atoms with Crippen LogP contribution in [0.25, 0.3) is 0 Å². The average molecular weight is 635 g/mol. The number of aliphatic imine (C=N–C) groups is 2. The van der Waals surface area contributed by atoms with Gasteiger partial charge in [0.25, 0.3) is 11.8 Å². The van der Waals surface area contributed by atoms with Gasteiger partial charge in [0.2, 0.25) is 0 Å². The molecule has 11 nitrogen and oxygen atoms in total. The summed E-state index contributed by atoms with van der Waals surface area (Å²) >= 11 is 0. The number of hydrogen-bond donors (Lipinski definition) is 1. The Morgan fingerprint density at radius 2 is 1.15 bits per heavy atom. The van der Waals surface area contributed by atoms with Gasteiger partial charge in [0.15, 0.2) is 23.0 Å². The smallest absolute Gasteiger partial charge is 0.257 e. The molecule has 240 valence electrons. The van der Waals surface area contributed by atoms with Crippen LogP contribution in [0, 0.1) is 0 Å². The van der Waals surface area contributed by atoms with Crippen LogP contribution < -0.4 is 18.9 Å². The Morgan fingerprint density at radius 3 is 1.57 bits per heavy atom. The van der Waals surface area contributed by atoms with Crippen molar-refractivity contribution < 1.29 is 33.6 Å². The van der Waals surface area contributed by atoms with Gasteiger partial charge >= 0.3 is 0 Å². The van der Waals surface area contributed by atoms with Gasteiger partial charge in [-0.25, -0.2) is 0 Å². The van der Waals surface area contributed by atoms with E-state index in [0.29, 0.717) is 82.6 Å². The molecule has 2 atom stereocenters. The lowest BCUT2D eigenvalue weighted by Crippen LogP contribution is -2.35. The van der Waals surface area contributed by atoms with E-state index in [1.165, 1.54) is 14.2 Å². The molecule has 2 amide bonds. The highest BCUT2D eigenvalue weighted by molar-refractivity contribution is 6.04. The Hall–Kier alpha value is -5.58. The van der Waals surface area contributed by atoms with Crippen molar-refractivity contribution in [1.29, 1.82) is 0 Å². The van der Waals surface area contributed by atoms with Gasteiger partial charge in [0.1, 0.15) is 19.0 Å². The molecule has 2 saturated heterocycles. The van der Waals surface area contributed by atoms with E-state index in [0.717, 1.165) is 11.1 Å². The average Bonchev–Trinajstić information content (AvgIpc) is 3.57. The first-order valence-electron chi connectivity index (χ1n) is 15.3. The van der Waals surface area contributed by atoms with Crippen LogP contribution >= 0.6 is 0 Å². The van der Waals surface area contributed by atoms with Gasteiger partial charge in [-0.3, -0.25) is 19.6 Å². The molecule has 0 bridgehead atoms. The summed E-state index contributed by atoms with van der Waals surface area (Å²) < 4.78 is 23.4. The Kier molecular flexibility index (Phi) is 7.67. The fourth-order valence-corrected chi connectivity index (χ4v) is 6.44. The summed E-state index contributed by atoms with van der Waals surface area (Å²) in [5.41, 5.74) is 5.25. The van der Waals surface area contributed by atoms with Crippen LogP contribution in [0.3, 0.4) is 0 Å². The Labute approximate surface area is 272 Å². The van der Waals surface area contributed by atoms with Crippen LogP contribution in [0.2, 0.25) is 0 Å². The summed E-state index contributed by atoms with van der Waals surface area (Å²) in [6.45, 7) is 9.27. The number of hydrogen-bond acceptors (Lipinski definition) is 9. The normalized spacial score (nSPS) is 19.5.